The molecular formula is C48H32. The number of rotatable bonds is 5. The molecular weight excluding hydrogens is 577 g/mol. The van der Waals surface area contributed by atoms with Crippen LogP contribution >= 0.6 is 0 Å². The molecule has 0 nitrogen and oxygen atoms in total. The maximum Gasteiger partial charge on any atom is -0.00262 e. The van der Waals surface area contributed by atoms with E-state index < -0.39 is 0 Å². The van der Waals surface area contributed by atoms with E-state index in [4.69, 9.17) is 0 Å². The standard InChI is InChI=1S/C48H32/c1-3-11-39-31-41(29-27-35(39)9-1)37-23-19-33(20-24-37)17-18-34-21-25-38(26-22-34)47-43-13-5-7-15-45(43)48(46-16-8-6-14-44(46)47)42-30-28-36-10-2-4-12-40(36)32-42/h1-32H/b18-17+. The maximum atomic E-state index is 2.33. The van der Waals surface area contributed by atoms with Crippen LogP contribution in [-0.2, 0) is 0 Å². The van der Waals surface area contributed by atoms with E-state index in [1.165, 1.54) is 87.6 Å². The molecule has 0 spiro atoms. The highest BCUT2D eigenvalue weighted by atomic mass is 14.2. The molecule has 9 rings (SSSR count). The zero-order chi connectivity index (χ0) is 31.9. The first-order chi connectivity index (χ1) is 23.8. The third kappa shape index (κ3) is 5.05. The molecule has 0 unspecified atom stereocenters. The van der Waals surface area contributed by atoms with E-state index >= 15 is 0 Å². The molecule has 0 saturated carbocycles. The van der Waals surface area contributed by atoms with Gasteiger partial charge in [0.1, 0.15) is 0 Å². The van der Waals surface area contributed by atoms with Crippen molar-refractivity contribution in [2.45, 2.75) is 0 Å². The molecule has 0 aliphatic heterocycles. The Morgan fingerprint density at radius 1 is 0.250 bits per heavy atom. The second-order valence-corrected chi connectivity index (χ2v) is 12.5. The fourth-order valence-electron chi connectivity index (χ4n) is 7.20. The Labute approximate surface area is 280 Å². The van der Waals surface area contributed by atoms with Gasteiger partial charge in [-0.05, 0) is 99.7 Å². The van der Waals surface area contributed by atoms with Gasteiger partial charge in [-0.15, -0.1) is 0 Å². The Morgan fingerprint density at radius 2 is 0.604 bits per heavy atom. The molecule has 0 N–H and O–H groups in total. The van der Waals surface area contributed by atoms with Gasteiger partial charge in [0.15, 0.2) is 0 Å². The summed E-state index contributed by atoms with van der Waals surface area (Å²) >= 11 is 0. The smallest absolute Gasteiger partial charge is 0.00262 e. The molecule has 0 fully saturated rings. The third-order valence-electron chi connectivity index (χ3n) is 9.63. The highest BCUT2D eigenvalue weighted by molar-refractivity contribution is 6.21. The molecule has 0 heterocycles. The van der Waals surface area contributed by atoms with E-state index in [1.807, 2.05) is 0 Å². The molecule has 0 aliphatic carbocycles. The van der Waals surface area contributed by atoms with Crippen molar-refractivity contribution in [3.8, 4) is 33.4 Å². The van der Waals surface area contributed by atoms with Crippen molar-refractivity contribution in [2.24, 2.45) is 0 Å². The van der Waals surface area contributed by atoms with Crippen molar-refractivity contribution in [1.29, 1.82) is 0 Å². The Bertz CT molecular complexity index is 2580. The topological polar surface area (TPSA) is 0 Å². The third-order valence-corrected chi connectivity index (χ3v) is 9.63. The van der Waals surface area contributed by atoms with Crippen molar-refractivity contribution in [3.05, 3.63) is 193 Å². The minimum absolute atomic E-state index is 1.18. The minimum Gasteiger partial charge on any atom is -0.0616 e. The summed E-state index contributed by atoms with van der Waals surface area (Å²) in [5.41, 5.74) is 9.89. The van der Waals surface area contributed by atoms with Gasteiger partial charge in [-0.3, -0.25) is 0 Å². The quantitative estimate of drug-likeness (QED) is 0.135. The summed E-state index contributed by atoms with van der Waals surface area (Å²) in [6.45, 7) is 0. The number of hydrogen-bond donors (Lipinski definition) is 0. The number of hydrogen-bond acceptors (Lipinski definition) is 0. The van der Waals surface area contributed by atoms with E-state index in [9.17, 15) is 0 Å². The first kappa shape index (κ1) is 28.0. The molecule has 0 heteroatoms. The van der Waals surface area contributed by atoms with Crippen LogP contribution in [0.5, 0.6) is 0 Å². The van der Waals surface area contributed by atoms with E-state index in [1.54, 1.807) is 0 Å². The zero-order valence-corrected chi connectivity index (χ0v) is 26.5. The fourth-order valence-corrected chi connectivity index (χ4v) is 7.20. The predicted octanol–water partition coefficient (Wildman–Crippen LogP) is 13.5. The molecule has 0 amide bonds. The van der Waals surface area contributed by atoms with Crippen LogP contribution in [0.25, 0.3) is 88.6 Å². The molecule has 0 atom stereocenters. The summed E-state index contributed by atoms with van der Waals surface area (Å²) in [6.07, 6.45) is 4.40. The molecule has 9 aromatic carbocycles. The Hall–Kier alpha value is -6.24. The minimum atomic E-state index is 1.18. The lowest BCUT2D eigenvalue weighted by atomic mass is 9.85. The summed E-state index contributed by atoms with van der Waals surface area (Å²) in [5, 5.41) is 10.2. The van der Waals surface area contributed by atoms with Crippen molar-refractivity contribution >= 4 is 55.2 Å². The summed E-state index contributed by atoms with van der Waals surface area (Å²) in [4.78, 5) is 0. The highest BCUT2D eigenvalue weighted by Gasteiger charge is 2.16. The number of benzene rings is 9. The normalized spacial score (nSPS) is 11.7. The fraction of sp³-hybridized carbons (Fsp3) is 0. The monoisotopic (exact) mass is 608 g/mol. The molecule has 0 saturated heterocycles. The van der Waals surface area contributed by atoms with Crippen LogP contribution in [0.15, 0.2) is 182 Å². The molecule has 0 bridgehead atoms. The molecule has 0 aromatic heterocycles. The predicted molar refractivity (Wildman–Crippen MR) is 208 cm³/mol. The Balaban J connectivity index is 1.05. The van der Waals surface area contributed by atoms with Crippen LogP contribution in [0.4, 0.5) is 0 Å². The Morgan fingerprint density at radius 3 is 1.10 bits per heavy atom. The Kier molecular flexibility index (Phi) is 6.91. The van der Waals surface area contributed by atoms with Gasteiger partial charge in [-0.25, -0.2) is 0 Å². The lowest BCUT2D eigenvalue weighted by molar-refractivity contribution is 1.61. The van der Waals surface area contributed by atoms with Gasteiger partial charge < -0.3 is 0 Å². The van der Waals surface area contributed by atoms with E-state index in [0.29, 0.717) is 0 Å². The van der Waals surface area contributed by atoms with Gasteiger partial charge in [0, 0.05) is 0 Å². The van der Waals surface area contributed by atoms with Gasteiger partial charge in [0.25, 0.3) is 0 Å². The lowest BCUT2D eigenvalue weighted by Gasteiger charge is -2.18. The first-order valence-corrected chi connectivity index (χ1v) is 16.6. The van der Waals surface area contributed by atoms with Crippen LogP contribution in [0.1, 0.15) is 11.1 Å². The van der Waals surface area contributed by atoms with Gasteiger partial charge in [0.05, 0.1) is 0 Å². The second-order valence-electron chi connectivity index (χ2n) is 12.5. The van der Waals surface area contributed by atoms with Gasteiger partial charge in [-0.2, -0.15) is 0 Å². The molecule has 0 aliphatic rings. The molecule has 0 radical (unpaired) electrons. The van der Waals surface area contributed by atoms with Crippen LogP contribution < -0.4 is 0 Å². The van der Waals surface area contributed by atoms with E-state index in [0.717, 1.165) is 0 Å². The first-order valence-electron chi connectivity index (χ1n) is 16.6. The van der Waals surface area contributed by atoms with Gasteiger partial charge in [-0.1, -0.05) is 182 Å². The zero-order valence-electron chi connectivity index (χ0n) is 26.5. The average molecular weight is 609 g/mol. The van der Waals surface area contributed by atoms with Crippen LogP contribution in [0.3, 0.4) is 0 Å². The highest BCUT2D eigenvalue weighted by Crippen LogP contribution is 2.44. The molecule has 9 aromatic rings. The van der Waals surface area contributed by atoms with Crippen molar-refractivity contribution in [3.63, 3.8) is 0 Å². The van der Waals surface area contributed by atoms with Crippen LogP contribution in [-0.4, -0.2) is 0 Å². The van der Waals surface area contributed by atoms with Gasteiger partial charge in [0.2, 0.25) is 0 Å². The summed E-state index contributed by atoms with van der Waals surface area (Å²) < 4.78 is 0. The summed E-state index contributed by atoms with van der Waals surface area (Å²) in [5.74, 6) is 0. The average Bonchev–Trinajstić information content (AvgIpc) is 3.16. The molecule has 224 valence electrons. The van der Waals surface area contributed by atoms with E-state index in [2.05, 4.69) is 194 Å². The lowest BCUT2D eigenvalue weighted by Crippen LogP contribution is -1.91. The second kappa shape index (κ2) is 11.8. The summed E-state index contributed by atoms with van der Waals surface area (Å²) in [6, 6.07) is 66.2. The van der Waals surface area contributed by atoms with Gasteiger partial charge >= 0.3 is 0 Å². The maximum absolute atomic E-state index is 2.33. The van der Waals surface area contributed by atoms with Crippen molar-refractivity contribution in [2.75, 3.05) is 0 Å². The molecule has 48 heavy (non-hydrogen) atoms. The van der Waals surface area contributed by atoms with E-state index in [-0.39, 0.29) is 0 Å². The SMILES string of the molecule is C(=C\c1ccc(-c2c3ccccc3c(-c3ccc4ccccc4c3)c3ccccc23)cc1)/c1ccc(-c2ccc3ccccc3c2)cc1. The van der Waals surface area contributed by atoms with Crippen molar-refractivity contribution in [1.82, 2.24) is 0 Å². The number of fused-ring (bicyclic) bond motifs is 4. The van der Waals surface area contributed by atoms with Crippen molar-refractivity contribution < 1.29 is 0 Å². The largest absolute Gasteiger partial charge is 0.0616 e. The van der Waals surface area contributed by atoms with Crippen LogP contribution in [0.2, 0.25) is 0 Å². The van der Waals surface area contributed by atoms with Crippen LogP contribution in [0, 0.1) is 0 Å². The summed E-state index contributed by atoms with van der Waals surface area (Å²) in [7, 11) is 0.